The van der Waals surface area contributed by atoms with Crippen molar-refractivity contribution in [1.82, 2.24) is 0 Å². The molecule has 1 atom stereocenters. The molecule has 0 saturated heterocycles. The Labute approximate surface area is 123 Å². The van der Waals surface area contributed by atoms with Gasteiger partial charge in [-0.3, -0.25) is 0 Å². The third kappa shape index (κ3) is 11.8. The van der Waals surface area contributed by atoms with E-state index in [0.29, 0.717) is 6.42 Å². The number of hydrogen-bond acceptors (Lipinski definition) is 6. The van der Waals surface area contributed by atoms with Crippen molar-refractivity contribution in [3.8, 4) is 0 Å². The van der Waals surface area contributed by atoms with Crippen LogP contribution >= 0.6 is 0 Å². The molecule has 122 valence electrons. The van der Waals surface area contributed by atoms with Crippen LogP contribution in [0.15, 0.2) is 0 Å². The first-order chi connectivity index (χ1) is 8.85. The highest BCUT2D eigenvalue weighted by molar-refractivity contribution is 6.64. The zero-order chi connectivity index (χ0) is 16.0. The minimum atomic E-state index is -2.55. The van der Waals surface area contributed by atoms with Gasteiger partial charge in [-0.25, -0.2) is 28.7 Å². The van der Waals surface area contributed by atoms with Gasteiger partial charge in [-0.15, -0.1) is 0 Å². The second-order valence-electron chi connectivity index (χ2n) is 6.99. The molecule has 0 saturated carbocycles. The van der Waals surface area contributed by atoms with Gasteiger partial charge >= 0.3 is 8.56 Å². The molecule has 0 aliphatic carbocycles. The third-order valence-electron chi connectivity index (χ3n) is 1.59. The molecule has 6 nitrogen and oxygen atoms in total. The smallest absolute Gasteiger partial charge is 0.248 e. The van der Waals surface area contributed by atoms with Crippen molar-refractivity contribution in [2.45, 2.75) is 85.5 Å². The third-order valence-corrected chi connectivity index (χ3v) is 2.57. The zero-order valence-electron chi connectivity index (χ0n) is 14.2. The summed E-state index contributed by atoms with van der Waals surface area (Å²) in [6.07, 6.45) is -0.0278. The first-order valence-corrected chi connectivity index (χ1v) is 9.72. The van der Waals surface area contributed by atoms with Crippen LogP contribution in [0.3, 0.4) is 0 Å². The maximum Gasteiger partial charge on any atom is 0.404 e. The average molecular weight is 310 g/mol. The summed E-state index contributed by atoms with van der Waals surface area (Å²) in [5.74, 6) is 0. The van der Waals surface area contributed by atoms with Gasteiger partial charge in [0.2, 0.25) is 6.29 Å². The molecule has 0 fully saturated rings. The van der Waals surface area contributed by atoms with Crippen LogP contribution < -0.4 is 0 Å². The topological polar surface area (TPSA) is 55.4 Å². The van der Waals surface area contributed by atoms with E-state index < -0.39 is 26.1 Å². The molecule has 0 aliphatic heterocycles. The van der Waals surface area contributed by atoms with Crippen LogP contribution in [0.25, 0.3) is 0 Å². The molecule has 0 N–H and O–H groups in total. The summed E-state index contributed by atoms with van der Waals surface area (Å²) in [5, 5.41) is 0. The fraction of sp³-hybridized carbons (Fsp3) is 1.00. The van der Waals surface area contributed by atoms with E-state index >= 15 is 0 Å². The minimum absolute atomic E-state index is 0.399. The van der Waals surface area contributed by atoms with Gasteiger partial charge in [0, 0.05) is 6.42 Å². The van der Waals surface area contributed by atoms with E-state index in [2.05, 4.69) is 0 Å². The number of rotatable bonds is 8. The Balaban J connectivity index is 4.14. The Hall–Kier alpha value is -0.0231. The molecule has 0 aliphatic rings. The van der Waals surface area contributed by atoms with Crippen molar-refractivity contribution in [2.24, 2.45) is 0 Å². The lowest BCUT2D eigenvalue weighted by Crippen LogP contribution is -2.40. The predicted molar refractivity (Wildman–Crippen MR) is 77.6 cm³/mol. The molecule has 20 heavy (non-hydrogen) atoms. The number of hydrogen-bond donors (Lipinski definition) is 0. The highest BCUT2D eigenvalue weighted by atomic mass is 28.4. The first kappa shape index (κ1) is 20.0. The maximum absolute atomic E-state index is 5.33. The fourth-order valence-corrected chi connectivity index (χ4v) is 1.58. The summed E-state index contributed by atoms with van der Waals surface area (Å²) in [6, 6.07) is 0. The van der Waals surface area contributed by atoms with Crippen molar-refractivity contribution in [3.63, 3.8) is 0 Å². The molecule has 0 radical (unpaired) electrons. The lowest BCUT2D eigenvalue weighted by molar-refractivity contribution is -0.468. The van der Waals surface area contributed by atoms with Gasteiger partial charge < -0.3 is 0 Å². The molecule has 0 spiro atoms. The summed E-state index contributed by atoms with van der Waals surface area (Å²) in [4.78, 5) is 20.9. The quantitative estimate of drug-likeness (QED) is 0.294. The largest absolute Gasteiger partial charge is 0.404 e. The molecule has 0 bridgehead atoms. The summed E-state index contributed by atoms with van der Waals surface area (Å²) < 4.78 is 10.7. The van der Waals surface area contributed by atoms with Gasteiger partial charge in [0.15, 0.2) is 0 Å². The highest BCUT2D eigenvalue weighted by Gasteiger charge is 2.32. The molecule has 0 aromatic heterocycles. The molecular formula is C13H30O6Si. The summed E-state index contributed by atoms with van der Waals surface area (Å²) >= 11 is 0. The van der Waals surface area contributed by atoms with E-state index in [-0.39, 0.29) is 0 Å². The van der Waals surface area contributed by atoms with E-state index in [1.54, 1.807) is 0 Å². The van der Waals surface area contributed by atoms with Crippen LogP contribution in [0.2, 0.25) is 13.1 Å². The second-order valence-corrected chi connectivity index (χ2v) is 10.1. The lowest BCUT2D eigenvalue weighted by Gasteiger charge is -2.27. The van der Waals surface area contributed by atoms with Crippen LogP contribution in [0, 0.1) is 0 Å². The molecule has 0 amide bonds. The fourth-order valence-electron chi connectivity index (χ4n) is 0.759. The van der Waals surface area contributed by atoms with Crippen LogP contribution in [0.4, 0.5) is 0 Å². The maximum atomic E-state index is 5.33. The zero-order valence-corrected chi connectivity index (χ0v) is 15.2. The molecule has 0 aromatic rings. The van der Waals surface area contributed by atoms with Gasteiger partial charge in [-0.05, 0) is 54.6 Å². The Bertz CT molecular complexity index is 269. The van der Waals surface area contributed by atoms with Crippen LogP contribution in [0.5, 0.6) is 0 Å². The summed E-state index contributed by atoms with van der Waals surface area (Å²) in [5.41, 5.74) is -0.806. The van der Waals surface area contributed by atoms with E-state index in [1.807, 2.05) is 61.6 Å². The van der Waals surface area contributed by atoms with Gasteiger partial charge in [0.05, 0.1) is 11.2 Å². The van der Waals surface area contributed by atoms with E-state index in [9.17, 15) is 0 Å². The van der Waals surface area contributed by atoms with Gasteiger partial charge in [-0.1, -0.05) is 6.92 Å². The van der Waals surface area contributed by atoms with Crippen molar-refractivity contribution in [3.05, 3.63) is 0 Å². The Morgan fingerprint density at radius 3 is 1.70 bits per heavy atom. The molecular weight excluding hydrogens is 280 g/mol. The Morgan fingerprint density at radius 2 is 1.30 bits per heavy atom. The van der Waals surface area contributed by atoms with Crippen molar-refractivity contribution < 1.29 is 28.7 Å². The summed E-state index contributed by atoms with van der Waals surface area (Å²) in [6.45, 7) is 16.9. The van der Waals surface area contributed by atoms with Crippen LogP contribution in [0.1, 0.15) is 54.9 Å². The van der Waals surface area contributed by atoms with Crippen LogP contribution in [-0.4, -0.2) is 26.1 Å². The predicted octanol–water partition coefficient (Wildman–Crippen LogP) is 3.87. The highest BCUT2D eigenvalue weighted by Crippen LogP contribution is 2.17. The second kappa shape index (κ2) is 7.84. The van der Waals surface area contributed by atoms with E-state index in [4.69, 9.17) is 28.7 Å². The Morgan fingerprint density at radius 1 is 0.800 bits per heavy atom. The van der Waals surface area contributed by atoms with Gasteiger partial charge in [0.1, 0.15) is 0 Å². The normalized spacial score (nSPS) is 15.4. The molecule has 0 rings (SSSR count). The minimum Gasteiger partial charge on any atom is -0.248 e. The van der Waals surface area contributed by atoms with Gasteiger partial charge in [-0.2, -0.15) is 0 Å². The molecule has 0 aromatic carbocycles. The van der Waals surface area contributed by atoms with E-state index in [1.165, 1.54) is 0 Å². The van der Waals surface area contributed by atoms with Crippen LogP contribution in [-0.2, 0) is 28.7 Å². The SMILES string of the molecule is CCC(OOC(C)(C)C)OO[Si](C)(C)OOC(C)(C)C. The molecule has 1 unspecified atom stereocenters. The average Bonchev–Trinajstić information content (AvgIpc) is 2.24. The monoisotopic (exact) mass is 310 g/mol. The first-order valence-electron chi connectivity index (χ1n) is 6.90. The van der Waals surface area contributed by atoms with Gasteiger partial charge in [0.25, 0.3) is 0 Å². The Kier molecular flexibility index (Phi) is 7.83. The molecule has 7 heteroatoms. The summed E-state index contributed by atoms with van der Waals surface area (Å²) in [7, 11) is -2.55. The van der Waals surface area contributed by atoms with Crippen molar-refractivity contribution >= 4 is 8.56 Å². The van der Waals surface area contributed by atoms with E-state index in [0.717, 1.165) is 0 Å². The lowest BCUT2D eigenvalue weighted by atomic mass is 10.2. The van der Waals surface area contributed by atoms with Crippen molar-refractivity contribution in [1.29, 1.82) is 0 Å². The van der Waals surface area contributed by atoms with Crippen molar-refractivity contribution in [2.75, 3.05) is 0 Å². The molecule has 0 heterocycles. The standard InChI is InChI=1S/C13H30O6Si/c1-10-11(14-16-12(2,3)4)15-18-20(8,9)19-17-13(5,6)7/h11H,10H2,1-9H3.